The summed E-state index contributed by atoms with van der Waals surface area (Å²) in [5, 5.41) is 19.2. The van der Waals surface area contributed by atoms with Gasteiger partial charge in [0, 0.05) is 18.9 Å². The van der Waals surface area contributed by atoms with Gasteiger partial charge < -0.3 is 15.1 Å². The molecule has 1 fully saturated rings. The highest BCUT2D eigenvalue weighted by Gasteiger charge is 2.34. The van der Waals surface area contributed by atoms with E-state index < -0.39 is 5.60 Å². The highest BCUT2D eigenvalue weighted by Crippen LogP contribution is 2.21. The molecule has 1 atom stereocenters. The summed E-state index contributed by atoms with van der Waals surface area (Å²) in [4.78, 5) is 17.6. The number of β-amino-alcohol motifs (C(OH)–C–C–N with tert-alkyl or cyclic N) is 1. The number of carbonyl (C=O) groups excluding carboxylic acids is 1. The number of piperidine rings is 1. The molecule has 2 heterocycles. The molecule has 98 valence electrons. The van der Waals surface area contributed by atoms with Crippen molar-refractivity contribution in [2.24, 2.45) is 0 Å². The lowest BCUT2D eigenvalue weighted by Crippen LogP contribution is -2.52. The van der Waals surface area contributed by atoms with Gasteiger partial charge in [-0.05, 0) is 30.5 Å². The average molecular weight is 250 g/mol. The van der Waals surface area contributed by atoms with Crippen LogP contribution < -0.4 is 0 Å². The van der Waals surface area contributed by atoms with Gasteiger partial charge in [0.25, 0.3) is 0 Å². The predicted molar refractivity (Wildman–Crippen MR) is 65.8 cm³/mol. The second-order valence-corrected chi connectivity index (χ2v) is 4.83. The number of aliphatic hydroxyl groups excluding tert-OH is 1. The largest absolute Gasteiger partial charge is 0.393 e. The van der Waals surface area contributed by atoms with E-state index in [0.717, 1.165) is 12.0 Å². The molecule has 18 heavy (non-hydrogen) atoms. The zero-order valence-electron chi connectivity index (χ0n) is 10.2. The zero-order chi connectivity index (χ0) is 13.0. The molecule has 1 aliphatic rings. The number of aromatic nitrogens is 1. The molecular formula is C13H18N2O3. The van der Waals surface area contributed by atoms with Crippen molar-refractivity contribution in [2.45, 2.75) is 24.9 Å². The summed E-state index contributed by atoms with van der Waals surface area (Å²) in [6, 6.07) is 3.61. The first-order valence-electron chi connectivity index (χ1n) is 6.13. The second-order valence-electron chi connectivity index (χ2n) is 4.83. The molecule has 1 saturated heterocycles. The Bertz CT molecular complexity index is 410. The number of rotatable bonds is 3. The lowest BCUT2D eigenvalue weighted by atomic mass is 9.93. The van der Waals surface area contributed by atoms with Gasteiger partial charge in [-0.3, -0.25) is 9.78 Å². The van der Waals surface area contributed by atoms with Crippen LogP contribution in [0, 0.1) is 0 Å². The monoisotopic (exact) mass is 250 g/mol. The zero-order valence-corrected chi connectivity index (χ0v) is 10.2. The number of carbonyl (C=O) groups is 1. The van der Waals surface area contributed by atoms with Crippen molar-refractivity contribution < 1.29 is 15.0 Å². The minimum atomic E-state index is -1.13. The van der Waals surface area contributed by atoms with E-state index in [0.29, 0.717) is 19.4 Å². The fraction of sp³-hybridized carbons (Fsp3) is 0.538. The fourth-order valence-corrected chi connectivity index (χ4v) is 2.24. The van der Waals surface area contributed by atoms with E-state index in [2.05, 4.69) is 4.98 Å². The van der Waals surface area contributed by atoms with Crippen molar-refractivity contribution in [3.05, 3.63) is 30.1 Å². The minimum Gasteiger partial charge on any atom is -0.393 e. The van der Waals surface area contributed by atoms with Crippen LogP contribution in [0.5, 0.6) is 0 Å². The Kier molecular flexibility index (Phi) is 3.93. The van der Waals surface area contributed by atoms with E-state index in [4.69, 9.17) is 5.11 Å². The van der Waals surface area contributed by atoms with Gasteiger partial charge in [0.2, 0.25) is 5.91 Å². The van der Waals surface area contributed by atoms with Crippen LogP contribution in [0.3, 0.4) is 0 Å². The van der Waals surface area contributed by atoms with Gasteiger partial charge in [-0.1, -0.05) is 0 Å². The predicted octanol–water partition coefficient (Wildman–Crippen LogP) is -0.0301. The summed E-state index contributed by atoms with van der Waals surface area (Å²) in [5.74, 6) is -0.0206. The summed E-state index contributed by atoms with van der Waals surface area (Å²) in [5.41, 5.74) is -0.222. The molecule has 0 bridgehead atoms. The maximum absolute atomic E-state index is 12.1. The lowest BCUT2D eigenvalue weighted by Gasteiger charge is -2.38. The summed E-state index contributed by atoms with van der Waals surface area (Å²) in [7, 11) is 0. The molecule has 5 heteroatoms. The van der Waals surface area contributed by atoms with Crippen LogP contribution in [0.2, 0.25) is 0 Å². The Hall–Kier alpha value is -1.46. The van der Waals surface area contributed by atoms with Crippen LogP contribution in [-0.2, 0) is 11.2 Å². The summed E-state index contributed by atoms with van der Waals surface area (Å²) < 4.78 is 0. The molecular weight excluding hydrogens is 232 g/mol. The molecule has 0 saturated carbocycles. The Labute approximate surface area is 106 Å². The number of hydrogen-bond acceptors (Lipinski definition) is 4. The van der Waals surface area contributed by atoms with E-state index in [9.17, 15) is 9.90 Å². The standard InChI is InChI=1S/C13H18N2O3/c16-10-13(18)4-1-7-15(9-13)12(17)8-11-2-5-14-6-3-11/h2-3,5-6,16,18H,1,4,7-10H2/t13-/m1/s1. The SMILES string of the molecule is O=C(Cc1ccncc1)N1CCC[C@](O)(CO)C1. The number of aliphatic hydroxyl groups is 2. The van der Waals surface area contributed by atoms with Crippen LogP contribution in [0.15, 0.2) is 24.5 Å². The first-order valence-corrected chi connectivity index (χ1v) is 6.13. The second kappa shape index (κ2) is 5.46. The molecule has 2 N–H and O–H groups in total. The molecule has 1 aromatic rings. The summed E-state index contributed by atoms with van der Waals surface area (Å²) >= 11 is 0. The smallest absolute Gasteiger partial charge is 0.227 e. The number of nitrogens with zero attached hydrogens (tertiary/aromatic N) is 2. The Balaban J connectivity index is 1.97. The lowest BCUT2D eigenvalue weighted by molar-refractivity contribution is -0.139. The van der Waals surface area contributed by atoms with Crippen molar-refractivity contribution in [1.82, 2.24) is 9.88 Å². The number of amides is 1. The Morgan fingerprint density at radius 1 is 1.44 bits per heavy atom. The quantitative estimate of drug-likeness (QED) is 0.790. The van der Waals surface area contributed by atoms with Crippen LogP contribution in [0.25, 0.3) is 0 Å². The van der Waals surface area contributed by atoms with E-state index in [1.54, 1.807) is 29.4 Å². The molecule has 0 unspecified atom stereocenters. The number of likely N-dealkylation sites (tertiary alicyclic amines) is 1. The third kappa shape index (κ3) is 3.05. The molecule has 2 rings (SSSR count). The molecule has 0 radical (unpaired) electrons. The summed E-state index contributed by atoms with van der Waals surface area (Å²) in [6.45, 7) is 0.561. The van der Waals surface area contributed by atoms with Gasteiger partial charge in [-0.25, -0.2) is 0 Å². The van der Waals surface area contributed by atoms with Gasteiger partial charge in [0.05, 0.1) is 19.6 Å². The van der Waals surface area contributed by atoms with Crippen LogP contribution in [0.1, 0.15) is 18.4 Å². The topological polar surface area (TPSA) is 73.7 Å². The molecule has 0 aromatic carbocycles. The van der Waals surface area contributed by atoms with Crippen LogP contribution in [0.4, 0.5) is 0 Å². The molecule has 1 amide bonds. The van der Waals surface area contributed by atoms with Crippen molar-refractivity contribution in [1.29, 1.82) is 0 Å². The maximum Gasteiger partial charge on any atom is 0.227 e. The van der Waals surface area contributed by atoms with Gasteiger partial charge >= 0.3 is 0 Å². The third-order valence-electron chi connectivity index (χ3n) is 3.31. The van der Waals surface area contributed by atoms with Crippen molar-refractivity contribution in [3.63, 3.8) is 0 Å². The molecule has 5 nitrogen and oxygen atoms in total. The minimum absolute atomic E-state index is 0.0206. The van der Waals surface area contributed by atoms with E-state index in [1.807, 2.05) is 0 Å². The van der Waals surface area contributed by atoms with Gasteiger partial charge in [0.15, 0.2) is 0 Å². The maximum atomic E-state index is 12.1. The van der Waals surface area contributed by atoms with Crippen molar-refractivity contribution in [3.8, 4) is 0 Å². The van der Waals surface area contributed by atoms with Crippen molar-refractivity contribution in [2.75, 3.05) is 19.7 Å². The highest BCUT2D eigenvalue weighted by atomic mass is 16.3. The number of hydrogen-bond donors (Lipinski definition) is 2. The van der Waals surface area contributed by atoms with Gasteiger partial charge in [-0.2, -0.15) is 0 Å². The molecule has 0 aliphatic carbocycles. The average Bonchev–Trinajstić information content (AvgIpc) is 2.40. The van der Waals surface area contributed by atoms with E-state index >= 15 is 0 Å². The van der Waals surface area contributed by atoms with Crippen LogP contribution in [-0.4, -0.2) is 51.3 Å². The normalized spacial score (nSPS) is 24.0. The Morgan fingerprint density at radius 2 is 2.17 bits per heavy atom. The molecule has 0 spiro atoms. The first kappa shape index (κ1) is 13.0. The first-order chi connectivity index (χ1) is 8.63. The Morgan fingerprint density at radius 3 is 2.83 bits per heavy atom. The summed E-state index contributed by atoms with van der Waals surface area (Å²) in [6.07, 6.45) is 4.89. The molecule has 1 aromatic heterocycles. The van der Waals surface area contributed by atoms with E-state index in [1.165, 1.54) is 0 Å². The third-order valence-corrected chi connectivity index (χ3v) is 3.31. The highest BCUT2D eigenvalue weighted by molar-refractivity contribution is 5.78. The number of pyridine rings is 1. The van der Waals surface area contributed by atoms with E-state index in [-0.39, 0.29) is 19.1 Å². The van der Waals surface area contributed by atoms with Crippen LogP contribution >= 0.6 is 0 Å². The van der Waals surface area contributed by atoms with Crippen molar-refractivity contribution >= 4 is 5.91 Å². The fourth-order valence-electron chi connectivity index (χ4n) is 2.24. The molecule has 1 aliphatic heterocycles. The van der Waals surface area contributed by atoms with Gasteiger partial charge in [-0.15, -0.1) is 0 Å². The van der Waals surface area contributed by atoms with Gasteiger partial charge in [0.1, 0.15) is 5.60 Å².